The molecular formula is C7H12NP. The summed E-state index contributed by atoms with van der Waals surface area (Å²) < 4.78 is 0. The molecule has 0 aliphatic heterocycles. The van der Waals surface area contributed by atoms with Crippen molar-refractivity contribution in [2.24, 2.45) is 4.99 Å². The summed E-state index contributed by atoms with van der Waals surface area (Å²) in [6, 6.07) is 0. The molecule has 2 heteroatoms. The van der Waals surface area contributed by atoms with E-state index in [0.717, 1.165) is 12.1 Å². The monoisotopic (exact) mass is 141 g/mol. The normalized spacial score (nSPS) is 12.4. The quantitative estimate of drug-likeness (QED) is 0.325. The highest BCUT2D eigenvalue weighted by atomic mass is 31.0. The van der Waals surface area contributed by atoms with Crippen LogP contribution in [0.2, 0.25) is 0 Å². The van der Waals surface area contributed by atoms with Crippen LogP contribution in [0.1, 0.15) is 13.3 Å². The number of allylic oxidation sites excluding steroid dienone is 1. The van der Waals surface area contributed by atoms with Gasteiger partial charge in [-0.1, -0.05) is 6.08 Å². The number of hydrogen-bond acceptors (Lipinski definition) is 1. The van der Waals surface area contributed by atoms with E-state index in [0.29, 0.717) is 0 Å². The average Bonchev–Trinajstić information content (AvgIpc) is 1.85. The highest BCUT2D eigenvalue weighted by molar-refractivity contribution is 7.20. The maximum absolute atomic E-state index is 4.08. The molecule has 0 aliphatic rings. The molecule has 0 amide bonds. The molecule has 0 saturated heterocycles. The van der Waals surface area contributed by atoms with E-state index in [2.05, 4.69) is 20.8 Å². The van der Waals surface area contributed by atoms with Crippen LogP contribution in [0.4, 0.5) is 0 Å². The van der Waals surface area contributed by atoms with E-state index >= 15 is 0 Å². The lowest BCUT2D eigenvalue weighted by Gasteiger charge is -1.87. The molecule has 0 N–H and O–H groups in total. The van der Waals surface area contributed by atoms with Gasteiger partial charge in [0, 0.05) is 18.3 Å². The van der Waals surface area contributed by atoms with Crippen molar-refractivity contribution in [2.75, 3.05) is 0 Å². The lowest BCUT2D eigenvalue weighted by molar-refractivity contribution is 1.39. The fourth-order valence-electron chi connectivity index (χ4n) is 0.432. The zero-order valence-corrected chi connectivity index (χ0v) is 6.83. The summed E-state index contributed by atoms with van der Waals surface area (Å²) in [6.45, 7) is 5.58. The molecular weight excluding hydrogens is 129 g/mol. The van der Waals surface area contributed by atoms with Crippen LogP contribution in [0.3, 0.4) is 0 Å². The minimum atomic E-state index is 0.870. The van der Waals surface area contributed by atoms with Crippen LogP contribution < -0.4 is 0 Å². The van der Waals surface area contributed by atoms with Gasteiger partial charge >= 0.3 is 0 Å². The van der Waals surface area contributed by atoms with Crippen LogP contribution in [-0.2, 0) is 0 Å². The molecule has 1 unspecified atom stereocenters. The van der Waals surface area contributed by atoms with Crippen LogP contribution >= 0.6 is 9.24 Å². The van der Waals surface area contributed by atoms with Gasteiger partial charge in [-0.25, -0.2) is 0 Å². The van der Waals surface area contributed by atoms with Crippen molar-refractivity contribution in [3.63, 3.8) is 0 Å². The molecule has 0 aromatic heterocycles. The third-order valence-corrected chi connectivity index (χ3v) is 0.993. The Labute approximate surface area is 58.8 Å². The first-order chi connectivity index (χ1) is 4.31. The van der Waals surface area contributed by atoms with E-state index in [4.69, 9.17) is 0 Å². The molecule has 50 valence electrons. The second-order valence-corrected chi connectivity index (χ2v) is 2.08. The van der Waals surface area contributed by atoms with Gasteiger partial charge in [0.25, 0.3) is 0 Å². The molecule has 0 aliphatic carbocycles. The van der Waals surface area contributed by atoms with Gasteiger partial charge < -0.3 is 0 Å². The number of aliphatic imine (C=N–C) groups is 1. The van der Waals surface area contributed by atoms with Crippen molar-refractivity contribution in [2.45, 2.75) is 13.3 Å². The van der Waals surface area contributed by atoms with E-state index in [9.17, 15) is 0 Å². The zero-order valence-electron chi connectivity index (χ0n) is 5.67. The molecule has 0 radical (unpaired) electrons. The van der Waals surface area contributed by atoms with Gasteiger partial charge in [0.05, 0.1) is 0 Å². The van der Waals surface area contributed by atoms with E-state index in [1.807, 2.05) is 18.8 Å². The van der Waals surface area contributed by atoms with Crippen molar-refractivity contribution < 1.29 is 0 Å². The van der Waals surface area contributed by atoms with Gasteiger partial charge in [0.15, 0.2) is 0 Å². The summed E-state index contributed by atoms with van der Waals surface area (Å²) >= 11 is 0. The van der Waals surface area contributed by atoms with E-state index in [-0.39, 0.29) is 0 Å². The Kier molecular flexibility index (Phi) is 5.45. The second-order valence-electron chi connectivity index (χ2n) is 1.70. The maximum atomic E-state index is 4.08. The molecule has 0 bridgehead atoms. The SMILES string of the molecule is C=CC/C(C)=N/C=C\P. The van der Waals surface area contributed by atoms with Gasteiger partial charge in [-0.15, -0.1) is 15.8 Å². The molecule has 0 fully saturated rings. The summed E-state index contributed by atoms with van der Waals surface area (Å²) in [5.41, 5.74) is 1.09. The third kappa shape index (κ3) is 5.45. The predicted octanol–water partition coefficient (Wildman–Crippen LogP) is 2.37. The lowest BCUT2D eigenvalue weighted by atomic mass is 10.3. The molecule has 0 spiro atoms. The zero-order chi connectivity index (χ0) is 7.11. The molecule has 1 atom stereocenters. The summed E-state index contributed by atoms with van der Waals surface area (Å²) in [4.78, 5) is 4.08. The Morgan fingerprint density at radius 3 is 2.89 bits per heavy atom. The van der Waals surface area contributed by atoms with Gasteiger partial charge in [0.1, 0.15) is 0 Å². The largest absolute Gasteiger partial charge is 0.266 e. The fraction of sp³-hybridized carbons (Fsp3) is 0.286. The molecule has 0 rings (SSSR count). The Bertz CT molecular complexity index is 136. The number of hydrogen-bond donors (Lipinski definition) is 0. The molecule has 0 aromatic rings. The smallest absolute Gasteiger partial charge is 0.0266 e. The minimum Gasteiger partial charge on any atom is -0.266 e. The van der Waals surface area contributed by atoms with E-state index in [1.165, 1.54) is 0 Å². The Morgan fingerprint density at radius 1 is 1.78 bits per heavy atom. The lowest BCUT2D eigenvalue weighted by Crippen LogP contribution is -1.84. The van der Waals surface area contributed by atoms with Gasteiger partial charge in [-0.2, -0.15) is 0 Å². The summed E-state index contributed by atoms with van der Waals surface area (Å²) in [5, 5.41) is 0. The topological polar surface area (TPSA) is 12.4 Å². The van der Waals surface area contributed by atoms with Crippen LogP contribution in [0.25, 0.3) is 0 Å². The second kappa shape index (κ2) is 5.71. The number of rotatable bonds is 3. The molecule has 9 heavy (non-hydrogen) atoms. The Balaban J connectivity index is 3.68. The first-order valence-electron chi connectivity index (χ1n) is 2.82. The number of nitrogens with zero attached hydrogens (tertiary/aromatic N) is 1. The van der Waals surface area contributed by atoms with Crippen molar-refractivity contribution in [3.05, 3.63) is 24.7 Å². The van der Waals surface area contributed by atoms with Crippen molar-refractivity contribution >= 4 is 15.0 Å². The van der Waals surface area contributed by atoms with E-state index in [1.54, 1.807) is 6.20 Å². The van der Waals surface area contributed by atoms with Gasteiger partial charge in [0.2, 0.25) is 0 Å². The van der Waals surface area contributed by atoms with Gasteiger partial charge in [-0.3, -0.25) is 4.99 Å². The van der Waals surface area contributed by atoms with E-state index < -0.39 is 0 Å². The van der Waals surface area contributed by atoms with Crippen LogP contribution in [0.5, 0.6) is 0 Å². The Morgan fingerprint density at radius 2 is 2.44 bits per heavy atom. The minimum absolute atomic E-state index is 0.870. The van der Waals surface area contributed by atoms with Crippen LogP contribution in [-0.4, -0.2) is 5.71 Å². The average molecular weight is 141 g/mol. The standard InChI is InChI=1S/C7H12NP/c1-3-4-7(2)8-5-6-9/h3,5-6H,1,4,9H2,2H3/b6-5-,8-7+. The first-order valence-corrected chi connectivity index (χ1v) is 3.49. The molecule has 0 aromatic carbocycles. The van der Waals surface area contributed by atoms with Crippen LogP contribution in [0, 0.1) is 0 Å². The summed E-state index contributed by atoms with van der Waals surface area (Å²) in [6.07, 6.45) is 4.47. The molecule has 0 saturated carbocycles. The van der Waals surface area contributed by atoms with Crippen molar-refractivity contribution in [1.82, 2.24) is 0 Å². The molecule has 1 nitrogen and oxygen atoms in total. The van der Waals surface area contributed by atoms with Crippen LogP contribution in [0.15, 0.2) is 29.7 Å². The summed E-state index contributed by atoms with van der Waals surface area (Å²) in [7, 11) is 2.47. The van der Waals surface area contributed by atoms with Gasteiger partial charge in [-0.05, 0) is 12.7 Å². The highest BCUT2D eigenvalue weighted by Gasteiger charge is 1.80. The van der Waals surface area contributed by atoms with Crippen molar-refractivity contribution in [1.29, 1.82) is 0 Å². The molecule has 0 heterocycles. The predicted molar refractivity (Wildman–Crippen MR) is 46.8 cm³/mol. The first kappa shape index (κ1) is 8.58. The Hall–Kier alpha value is -0.420. The summed E-state index contributed by atoms with van der Waals surface area (Å²) in [5.74, 6) is 1.83. The van der Waals surface area contributed by atoms with Crippen molar-refractivity contribution in [3.8, 4) is 0 Å². The highest BCUT2D eigenvalue weighted by Crippen LogP contribution is 1.89. The fourth-order valence-corrected chi connectivity index (χ4v) is 0.518. The third-order valence-electron chi connectivity index (χ3n) is 0.821. The maximum Gasteiger partial charge on any atom is 0.0266 e.